The van der Waals surface area contributed by atoms with Gasteiger partial charge < -0.3 is 9.64 Å². The summed E-state index contributed by atoms with van der Waals surface area (Å²) in [7, 11) is -3.71. The molecule has 1 amide bonds. The van der Waals surface area contributed by atoms with Gasteiger partial charge in [-0.3, -0.25) is 4.79 Å². The van der Waals surface area contributed by atoms with Gasteiger partial charge in [0.05, 0.1) is 12.2 Å². The van der Waals surface area contributed by atoms with E-state index < -0.39 is 28.7 Å². The van der Waals surface area contributed by atoms with Crippen molar-refractivity contribution in [2.45, 2.75) is 38.7 Å². The largest absolute Gasteiger partial charge is 0.397 e. The van der Waals surface area contributed by atoms with Crippen molar-refractivity contribution < 1.29 is 31.1 Å². The zero-order valence-corrected chi connectivity index (χ0v) is 14.4. The van der Waals surface area contributed by atoms with E-state index in [0.717, 1.165) is 4.90 Å². The highest BCUT2D eigenvalue weighted by Gasteiger charge is 2.39. The Morgan fingerprint density at radius 3 is 2.00 bits per heavy atom. The van der Waals surface area contributed by atoms with E-state index in [2.05, 4.69) is 0 Å². The molecule has 0 N–H and O–H groups in total. The molecule has 2 heterocycles. The van der Waals surface area contributed by atoms with Crippen molar-refractivity contribution in [3.8, 4) is 0 Å². The Morgan fingerprint density at radius 1 is 1.04 bits per heavy atom. The smallest absolute Gasteiger partial charge is 0.373 e. The number of hydrogen-bond donors (Lipinski definition) is 0. The molecular formula is C13H22F3N3O4S. The maximum absolute atomic E-state index is 12.6. The van der Waals surface area contributed by atoms with Crippen LogP contribution in [-0.2, 0) is 19.7 Å². The number of carbonyl (C=O) groups excluding carboxylic acids is 1. The summed E-state index contributed by atoms with van der Waals surface area (Å²) in [4.78, 5) is 12.6. The molecule has 0 bridgehead atoms. The van der Waals surface area contributed by atoms with Crippen LogP contribution < -0.4 is 0 Å². The molecule has 2 unspecified atom stereocenters. The van der Waals surface area contributed by atoms with Gasteiger partial charge in [-0.1, -0.05) is 0 Å². The molecule has 0 aromatic rings. The standard InChI is InChI=1S/C13H22F3N3O4S/c1-10-8-19(9-11(2)23-10)24(21,22)18-5-3-17(4-6-18)12(20)7-13(14,15)16/h10-11H,3-9H2,1-2H3. The number of piperazine rings is 1. The molecule has 2 aliphatic rings. The van der Waals surface area contributed by atoms with Crippen LogP contribution in [0, 0.1) is 0 Å². The van der Waals surface area contributed by atoms with Crippen LogP contribution in [0.15, 0.2) is 0 Å². The van der Waals surface area contributed by atoms with Crippen molar-refractivity contribution in [2.75, 3.05) is 39.3 Å². The van der Waals surface area contributed by atoms with Gasteiger partial charge in [0.1, 0.15) is 6.42 Å². The Labute approximate surface area is 139 Å². The Hall–Kier alpha value is -0.910. The van der Waals surface area contributed by atoms with Crippen LogP contribution >= 0.6 is 0 Å². The number of rotatable bonds is 3. The molecule has 0 saturated carbocycles. The molecule has 2 fully saturated rings. The van der Waals surface area contributed by atoms with Crippen LogP contribution in [0.3, 0.4) is 0 Å². The van der Waals surface area contributed by atoms with E-state index in [-0.39, 0.29) is 51.5 Å². The third-order valence-electron chi connectivity index (χ3n) is 3.98. The minimum absolute atomic E-state index is 0.00789. The molecule has 2 atom stereocenters. The normalized spacial score (nSPS) is 28.1. The lowest BCUT2D eigenvalue weighted by molar-refractivity contribution is -0.162. The number of hydrogen-bond acceptors (Lipinski definition) is 4. The van der Waals surface area contributed by atoms with E-state index >= 15 is 0 Å². The van der Waals surface area contributed by atoms with Gasteiger partial charge >= 0.3 is 6.18 Å². The molecule has 2 rings (SSSR count). The van der Waals surface area contributed by atoms with Crippen LogP contribution in [0.5, 0.6) is 0 Å². The van der Waals surface area contributed by atoms with Gasteiger partial charge in [-0.2, -0.15) is 30.2 Å². The van der Waals surface area contributed by atoms with Gasteiger partial charge in [0.2, 0.25) is 5.91 Å². The molecule has 0 aromatic carbocycles. The molecule has 7 nitrogen and oxygen atoms in total. The highest BCUT2D eigenvalue weighted by molar-refractivity contribution is 7.86. The highest BCUT2D eigenvalue weighted by atomic mass is 32.2. The zero-order chi connectivity index (χ0) is 18.1. The molecule has 0 spiro atoms. The lowest BCUT2D eigenvalue weighted by Crippen LogP contribution is -2.57. The third-order valence-corrected chi connectivity index (χ3v) is 5.95. The predicted molar refractivity (Wildman–Crippen MR) is 79.3 cm³/mol. The van der Waals surface area contributed by atoms with E-state index in [4.69, 9.17) is 4.74 Å². The molecule has 0 aromatic heterocycles. The van der Waals surface area contributed by atoms with E-state index in [1.807, 2.05) is 0 Å². The molecule has 0 aliphatic carbocycles. The first-order valence-corrected chi connectivity index (χ1v) is 9.14. The maximum atomic E-state index is 12.6. The lowest BCUT2D eigenvalue weighted by atomic mass is 10.3. The summed E-state index contributed by atoms with van der Waals surface area (Å²) in [6.45, 7) is 3.95. The van der Waals surface area contributed by atoms with Crippen LogP contribution in [0.4, 0.5) is 13.2 Å². The highest BCUT2D eigenvalue weighted by Crippen LogP contribution is 2.22. The molecule has 2 aliphatic heterocycles. The second kappa shape index (κ2) is 7.14. The Balaban J connectivity index is 1.94. The Morgan fingerprint density at radius 2 is 1.54 bits per heavy atom. The fraction of sp³-hybridized carbons (Fsp3) is 0.923. The number of amides is 1. The third kappa shape index (κ3) is 4.80. The van der Waals surface area contributed by atoms with E-state index in [9.17, 15) is 26.4 Å². The number of carbonyl (C=O) groups is 1. The number of ether oxygens (including phenoxy) is 1. The van der Waals surface area contributed by atoms with Crippen LogP contribution in [0.2, 0.25) is 0 Å². The summed E-state index contributed by atoms with van der Waals surface area (Å²) in [5.74, 6) is -1.02. The summed E-state index contributed by atoms with van der Waals surface area (Å²) in [5.41, 5.74) is 0. The fourth-order valence-electron chi connectivity index (χ4n) is 2.93. The second-order valence-electron chi connectivity index (χ2n) is 6.15. The molecular weight excluding hydrogens is 351 g/mol. The number of alkyl halides is 3. The van der Waals surface area contributed by atoms with Gasteiger partial charge in [-0.05, 0) is 13.8 Å². The van der Waals surface area contributed by atoms with Gasteiger partial charge in [-0.25, -0.2) is 0 Å². The van der Waals surface area contributed by atoms with Crippen molar-refractivity contribution in [3.05, 3.63) is 0 Å². The maximum Gasteiger partial charge on any atom is 0.397 e. The van der Waals surface area contributed by atoms with Crippen molar-refractivity contribution >= 4 is 16.1 Å². The summed E-state index contributed by atoms with van der Waals surface area (Å²) < 4.78 is 70.2. The van der Waals surface area contributed by atoms with Crippen LogP contribution in [0.1, 0.15) is 20.3 Å². The summed E-state index contributed by atoms with van der Waals surface area (Å²) in [6, 6.07) is 0. The Bertz CT molecular complexity index is 551. The van der Waals surface area contributed by atoms with Crippen LogP contribution in [-0.4, -0.2) is 85.5 Å². The molecule has 24 heavy (non-hydrogen) atoms. The topological polar surface area (TPSA) is 70.2 Å². The SMILES string of the molecule is CC1CN(S(=O)(=O)N2CCN(C(=O)CC(F)(F)F)CC2)CC(C)O1. The first kappa shape index (κ1) is 19.4. The van der Waals surface area contributed by atoms with Gasteiger partial charge in [0, 0.05) is 39.3 Å². The minimum atomic E-state index is -4.56. The van der Waals surface area contributed by atoms with Gasteiger partial charge in [0.25, 0.3) is 10.2 Å². The molecule has 140 valence electrons. The first-order valence-electron chi connectivity index (χ1n) is 7.74. The molecule has 11 heteroatoms. The zero-order valence-electron chi connectivity index (χ0n) is 13.6. The van der Waals surface area contributed by atoms with Crippen molar-refractivity contribution in [1.82, 2.24) is 13.5 Å². The second-order valence-corrected chi connectivity index (χ2v) is 8.08. The van der Waals surface area contributed by atoms with Crippen molar-refractivity contribution in [1.29, 1.82) is 0 Å². The fourth-order valence-corrected chi connectivity index (χ4v) is 4.68. The Kier molecular flexibility index (Phi) is 5.78. The van der Waals surface area contributed by atoms with Gasteiger partial charge in [-0.15, -0.1) is 0 Å². The van der Waals surface area contributed by atoms with E-state index in [1.54, 1.807) is 13.8 Å². The van der Waals surface area contributed by atoms with E-state index in [0.29, 0.717) is 0 Å². The predicted octanol–water partition coefficient (Wildman–Crippen LogP) is 0.437. The summed E-state index contributed by atoms with van der Waals surface area (Å²) >= 11 is 0. The number of morpholine rings is 1. The molecule has 2 saturated heterocycles. The lowest BCUT2D eigenvalue weighted by Gasteiger charge is -2.40. The monoisotopic (exact) mass is 373 g/mol. The quantitative estimate of drug-likeness (QED) is 0.720. The van der Waals surface area contributed by atoms with E-state index in [1.165, 1.54) is 8.61 Å². The summed E-state index contributed by atoms with van der Waals surface area (Å²) in [6.07, 6.45) is -6.52. The first-order chi connectivity index (χ1) is 11.0. The average molecular weight is 373 g/mol. The molecule has 0 radical (unpaired) electrons. The minimum Gasteiger partial charge on any atom is -0.373 e. The average Bonchev–Trinajstić information content (AvgIpc) is 2.44. The number of nitrogens with zero attached hydrogens (tertiary/aromatic N) is 3. The van der Waals surface area contributed by atoms with Gasteiger partial charge in [0.15, 0.2) is 0 Å². The summed E-state index contributed by atoms with van der Waals surface area (Å²) in [5, 5.41) is 0. The van der Waals surface area contributed by atoms with Crippen molar-refractivity contribution in [3.63, 3.8) is 0 Å². The number of halogens is 3. The van der Waals surface area contributed by atoms with Crippen molar-refractivity contribution in [2.24, 2.45) is 0 Å². The van der Waals surface area contributed by atoms with Crippen LogP contribution in [0.25, 0.3) is 0 Å².